The maximum absolute atomic E-state index is 13.6. The second kappa shape index (κ2) is 12.1. The molecule has 1 N–H and O–H groups in total. The maximum atomic E-state index is 13.6. The van der Waals surface area contributed by atoms with Crippen molar-refractivity contribution in [1.82, 2.24) is 14.7 Å². The van der Waals surface area contributed by atoms with Crippen molar-refractivity contribution in [2.75, 3.05) is 56.5 Å². The Labute approximate surface area is 231 Å². The van der Waals surface area contributed by atoms with E-state index in [1.807, 2.05) is 4.90 Å². The van der Waals surface area contributed by atoms with Gasteiger partial charge in [-0.05, 0) is 74.7 Å². The van der Waals surface area contributed by atoms with Crippen LogP contribution in [0.3, 0.4) is 0 Å². The van der Waals surface area contributed by atoms with E-state index in [2.05, 4.69) is 22.2 Å². The first-order valence-corrected chi connectivity index (χ1v) is 13.3. The number of likely N-dealkylation sites (N-methyl/N-ethyl adjacent to an activating group) is 1. The minimum absolute atomic E-state index is 0.0338. The van der Waals surface area contributed by atoms with Gasteiger partial charge in [-0.15, -0.1) is 0 Å². The number of thiocarbonyl (C=S) groups is 1. The van der Waals surface area contributed by atoms with Crippen LogP contribution in [-0.2, 0) is 9.59 Å². The molecular weight excluding hydrogens is 541 g/mol. The van der Waals surface area contributed by atoms with E-state index < -0.39 is 6.04 Å². The first-order valence-electron chi connectivity index (χ1n) is 11.8. The molecule has 0 aromatic heterocycles. The largest absolute Gasteiger partial charge is 0.336 e. The van der Waals surface area contributed by atoms with Crippen molar-refractivity contribution in [2.24, 2.45) is 0 Å². The zero-order valence-corrected chi connectivity index (χ0v) is 23.0. The average molecular weight is 569 g/mol. The van der Waals surface area contributed by atoms with Gasteiger partial charge in [0.25, 0.3) is 5.91 Å². The minimum Gasteiger partial charge on any atom is -0.336 e. The zero-order chi connectivity index (χ0) is 25.8. The van der Waals surface area contributed by atoms with Crippen molar-refractivity contribution >= 4 is 75.3 Å². The van der Waals surface area contributed by atoms with E-state index >= 15 is 0 Å². The fourth-order valence-electron chi connectivity index (χ4n) is 4.41. The van der Waals surface area contributed by atoms with Crippen LogP contribution < -0.4 is 10.2 Å². The third-order valence-electron chi connectivity index (χ3n) is 6.46. The fraction of sp³-hybridized carbons (Fsp3) is 0.400. The zero-order valence-electron chi connectivity index (χ0n) is 19.9. The molecule has 2 amide bonds. The molecule has 11 heteroatoms. The number of piperazine rings is 1. The second-order valence-corrected chi connectivity index (χ2v) is 10.6. The van der Waals surface area contributed by atoms with E-state index in [0.29, 0.717) is 38.1 Å². The number of nitrogens with one attached hydrogen (secondary N) is 1. The summed E-state index contributed by atoms with van der Waals surface area (Å²) in [6.07, 6.45) is 0.787. The molecule has 0 radical (unpaired) electrons. The van der Waals surface area contributed by atoms with Gasteiger partial charge in [0.2, 0.25) is 5.91 Å². The number of hydrogen-bond donors (Lipinski definition) is 1. The van der Waals surface area contributed by atoms with Gasteiger partial charge >= 0.3 is 0 Å². The molecule has 2 aromatic carbocycles. The summed E-state index contributed by atoms with van der Waals surface area (Å²) in [7, 11) is 2.13. The normalized spacial score (nSPS) is 19.3. The first kappa shape index (κ1) is 27.1. The number of rotatable bonds is 8. The second-order valence-electron chi connectivity index (χ2n) is 9.02. The molecule has 192 valence electrons. The van der Waals surface area contributed by atoms with E-state index in [4.69, 9.17) is 47.0 Å². The van der Waals surface area contributed by atoms with Gasteiger partial charge in [-0.25, -0.2) is 0 Å². The molecular formula is C25H28Cl3N5O2S. The highest BCUT2D eigenvalue weighted by Crippen LogP contribution is 2.32. The highest BCUT2D eigenvalue weighted by molar-refractivity contribution is 7.80. The lowest BCUT2D eigenvalue weighted by atomic mass is 10.1. The highest BCUT2D eigenvalue weighted by Gasteiger charge is 2.44. The van der Waals surface area contributed by atoms with Crippen LogP contribution in [0.2, 0.25) is 15.1 Å². The summed E-state index contributed by atoms with van der Waals surface area (Å²) in [4.78, 5) is 34.5. The van der Waals surface area contributed by atoms with Crippen molar-refractivity contribution in [3.05, 3.63) is 57.5 Å². The van der Waals surface area contributed by atoms with E-state index in [0.717, 1.165) is 39.1 Å². The number of nitrogens with zero attached hydrogens (tertiary/aromatic N) is 4. The molecule has 2 aromatic rings. The van der Waals surface area contributed by atoms with Crippen LogP contribution in [0.15, 0.2) is 42.5 Å². The van der Waals surface area contributed by atoms with E-state index in [-0.39, 0.29) is 18.2 Å². The Morgan fingerprint density at radius 2 is 1.69 bits per heavy atom. The Hall–Kier alpha value is -1.94. The van der Waals surface area contributed by atoms with E-state index in [1.165, 1.54) is 4.90 Å². The Kier molecular flexibility index (Phi) is 9.09. The Balaban J connectivity index is 1.48. The lowest BCUT2D eigenvalue weighted by Crippen LogP contribution is -2.45. The van der Waals surface area contributed by atoms with Crippen molar-refractivity contribution in [3.8, 4) is 0 Å². The highest BCUT2D eigenvalue weighted by atomic mass is 35.5. The van der Waals surface area contributed by atoms with E-state index in [9.17, 15) is 9.59 Å². The van der Waals surface area contributed by atoms with Gasteiger partial charge in [-0.3, -0.25) is 14.5 Å². The molecule has 0 bridgehead atoms. The standard InChI is InChI=1S/C25H28Cl3N5O2S/c1-30-11-13-31(14-12-30)9-2-10-32-22(16-23(34)29-18-5-3-17(26)4-6-18)24(35)33(25(32)36)19-7-8-20(27)21(28)15-19/h3-8,15,22H,2,9-14,16H2,1H3,(H,29,34)/t22-/m1/s1. The molecule has 0 unspecified atom stereocenters. The molecule has 4 rings (SSSR count). The molecule has 2 heterocycles. The van der Waals surface area contributed by atoms with Crippen LogP contribution in [0, 0.1) is 0 Å². The van der Waals surface area contributed by atoms with Crippen LogP contribution in [0.5, 0.6) is 0 Å². The molecule has 0 spiro atoms. The lowest BCUT2D eigenvalue weighted by Gasteiger charge is -2.33. The number of benzene rings is 2. The Bertz CT molecular complexity index is 1130. The Morgan fingerprint density at radius 3 is 2.36 bits per heavy atom. The lowest BCUT2D eigenvalue weighted by molar-refractivity contribution is -0.124. The van der Waals surface area contributed by atoms with Crippen LogP contribution in [0.25, 0.3) is 0 Å². The summed E-state index contributed by atoms with van der Waals surface area (Å²) in [5, 5.41) is 4.50. The molecule has 2 aliphatic heterocycles. The summed E-state index contributed by atoms with van der Waals surface area (Å²) in [5.41, 5.74) is 1.14. The third-order valence-corrected chi connectivity index (χ3v) is 7.86. The average Bonchev–Trinajstić information content (AvgIpc) is 3.07. The molecule has 0 saturated carbocycles. The number of halogens is 3. The van der Waals surface area contributed by atoms with Gasteiger partial charge in [-0.1, -0.05) is 34.8 Å². The van der Waals surface area contributed by atoms with Crippen LogP contribution >= 0.6 is 47.0 Å². The number of carbonyl (C=O) groups is 2. The molecule has 2 fully saturated rings. The van der Waals surface area contributed by atoms with Crippen LogP contribution in [0.1, 0.15) is 12.8 Å². The van der Waals surface area contributed by atoms with Crippen molar-refractivity contribution in [2.45, 2.75) is 18.9 Å². The predicted octanol–water partition coefficient (Wildman–Crippen LogP) is 4.62. The predicted molar refractivity (Wildman–Crippen MR) is 150 cm³/mol. The number of carbonyl (C=O) groups excluding carboxylic acids is 2. The van der Waals surface area contributed by atoms with Gasteiger partial charge in [0, 0.05) is 43.4 Å². The van der Waals surface area contributed by atoms with Gasteiger partial charge < -0.3 is 20.0 Å². The SMILES string of the molecule is CN1CCN(CCCN2C(=S)N(c3ccc(Cl)c(Cl)c3)C(=O)[C@H]2CC(=O)Nc2ccc(Cl)cc2)CC1. The summed E-state index contributed by atoms with van der Waals surface area (Å²) < 4.78 is 0. The summed E-state index contributed by atoms with van der Waals surface area (Å²) in [6.45, 7) is 5.58. The van der Waals surface area contributed by atoms with Gasteiger partial charge in [0.05, 0.1) is 22.2 Å². The number of amides is 2. The molecule has 2 saturated heterocycles. The van der Waals surface area contributed by atoms with Gasteiger partial charge in [0.15, 0.2) is 5.11 Å². The smallest absolute Gasteiger partial charge is 0.256 e. The van der Waals surface area contributed by atoms with Crippen molar-refractivity contribution < 1.29 is 9.59 Å². The summed E-state index contributed by atoms with van der Waals surface area (Å²) >= 11 is 24.0. The first-order chi connectivity index (χ1) is 17.2. The molecule has 2 aliphatic rings. The molecule has 0 aliphatic carbocycles. The third kappa shape index (κ3) is 6.49. The fourth-order valence-corrected chi connectivity index (χ4v) is 5.24. The summed E-state index contributed by atoms with van der Waals surface area (Å²) in [5.74, 6) is -0.539. The number of hydrogen-bond acceptors (Lipinski definition) is 5. The van der Waals surface area contributed by atoms with Crippen LogP contribution in [0.4, 0.5) is 11.4 Å². The number of anilines is 2. The molecule has 7 nitrogen and oxygen atoms in total. The van der Waals surface area contributed by atoms with Crippen molar-refractivity contribution in [1.29, 1.82) is 0 Å². The quantitative estimate of drug-likeness (QED) is 0.469. The van der Waals surface area contributed by atoms with Crippen molar-refractivity contribution in [3.63, 3.8) is 0 Å². The summed E-state index contributed by atoms with van der Waals surface area (Å²) in [6, 6.07) is 11.1. The maximum Gasteiger partial charge on any atom is 0.256 e. The van der Waals surface area contributed by atoms with Gasteiger partial charge in [-0.2, -0.15) is 0 Å². The topological polar surface area (TPSA) is 59.1 Å². The van der Waals surface area contributed by atoms with E-state index in [1.54, 1.807) is 42.5 Å². The monoisotopic (exact) mass is 567 g/mol. The van der Waals surface area contributed by atoms with Gasteiger partial charge in [0.1, 0.15) is 6.04 Å². The molecule has 36 heavy (non-hydrogen) atoms. The van der Waals surface area contributed by atoms with Crippen LogP contribution in [-0.4, -0.2) is 84.0 Å². The Morgan fingerprint density at radius 1 is 1.00 bits per heavy atom. The minimum atomic E-state index is -0.716. The molecule has 1 atom stereocenters.